The summed E-state index contributed by atoms with van der Waals surface area (Å²) in [6.45, 7) is 1.26. The number of nitrogens with zero attached hydrogens (tertiary/aromatic N) is 1. The number of anilines is 2. The summed E-state index contributed by atoms with van der Waals surface area (Å²) in [6.07, 6.45) is 2.52. The third kappa shape index (κ3) is 3.06. The number of hydrogen-bond donors (Lipinski definition) is 3. The Morgan fingerprint density at radius 3 is 2.72 bits per heavy atom. The van der Waals surface area contributed by atoms with Crippen LogP contribution in [-0.2, 0) is 21.5 Å². The zero-order valence-corrected chi connectivity index (χ0v) is 16.0. The number of ether oxygens (including phenoxy) is 1. The van der Waals surface area contributed by atoms with E-state index >= 15 is 0 Å². The van der Waals surface area contributed by atoms with Crippen LogP contribution in [0.4, 0.5) is 15.8 Å². The fourth-order valence-electron chi connectivity index (χ4n) is 4.75. The lowest BCUT2D eigenvalue weighted by molar-refractivity contribution is -0.134. The zero-order valence-electron chi connectivity index (χ0n) is 16.0. The summed E-state index contributed by atoms with van der Waals surface area (Å²) in [4.78, 5) is 14.6. The van der Waals surface area contributed by atoms with E-state index in [4.69, 9.17) is 10.1 Å². The predicted octanol–water partition coefficient (Wildman–Crippen LogP) is 3.26. The SMILES string of the molecule is N=C1N[C@]2(CC(=O)N1C1CCOCC1)Cc1c(Nc3cccc(F)c3)cccc12. The monoisotopic (exact) mass is 394 g/mol. The first-order valence-electron chi connectivity index (χ1n) is 9.97. The van der Waals surface area contributed by atoms with Gasteiger partial charge in [0.05, 0.1) is 12.0 Å². The summed E-state index contributed by atoms with van der Waals surface area (Å²) in [5, 5.41) is 15.1. The molecule has 0 aromatic heterocycles. The van der Waals surface area contributed by atoms with Crippen molar-refractivity contribution in [1.29, 1.82) is 5.41 Å². The van der Waals surface area contributed by atoms with Crippen LogP contribution in [0.25, 0.3) is 0 Å². The van der Waals surface area contributed by atoms with Gasteiger partial charge in [-0.25, -0.2) is 4.39 Å². The number of guanidine groups is 1. The molecular formula is C22H23FN4O2. The fourth-order valence-corrected chi connectivity index (χ4v) is 4.75. The lowest BCUT2D eigenvalue weighted by Crippen LogP contribution is -2.66. The first-order valence-corrected chi connectivity index (χ1v) is 9.97. The smallest absolute Gasteiger partial charge is 0.232 e. The fraction of sp³-hybridized carbons (Fsp3) is 0.364. The molecule has 6 nitrogen and oxygen atoms in total. The first kappa shape index (κ1) is 18.1. The van der Waals surface area contributed by atoms with E-state index in [-0.39, 0.29) is 23.7 Å². The quantitative estimate of drug-likeness (QED) is 0.747. The number of amides is 1. The Labute approximate surface area is 168 Å². The molecule has 3 N–H and O–H groups in total. The van der Waals surface area contributed by atoms with Crippen molar-refractivity contribution in [1.82, 2.24) is 10.2 Å². The van der Waals surface area contributed by atoms with E-state index < -0.39 is 5.54 Å². The highest BCUT2D eigenvalue weighted by Crippen LogP contribution is 2.47. The lowest BCUT2D eigenvalue weighted by atomic mass is 9.67. The van der Waals surface area contributed by atoms with E-state index in [0.29, 0.717) is 31.7 Å². The molecule has 1 spiro atoms. The van der Waals surface area contributed by atoms with Gasteiger partial charge in [0.25, 0.3) is 0 Å². The first-order chi connectivity index (χ1) is 14.1. The summed E-state index contributed by atoms with van der Waals surface area (Å²) < 4.78 is 18.9. The molecule has 2 fully saturated rings. The summed E-state index contributed by atoms with van der Waals surface area (Å²) in [5.41, 5.74) is 3.20. The molecule has 1 atom stereocenters. The second-order valence-corrected chi connectivity index (χ2v) is 7.98. The summed E-state index contributed by atoms with van der Waals surface area (Å²) >= 11 is 0. The molecule has 7 heteroatoms. The standard InChI is InChI=1S/C22H23FN4O2/c23-14-3-1-4-15(11-14)25-19-6-2-5-18-17(19)12-22(18)13-20(28)27(21(24)26-22)16-7-9-29-10-8-16/h1-6,11,16,25H,7-10,12-13H2,(H2,24,26)/t22-/m0/s1. The van der Waals surface area contributed by atoms with Crippen LogP contribution in [0.3, 0.4) is 0 Å². The van der Waals surface area contributed by atoms with Gasteiger partial charge in [0.1, 0.15) is 5.82 Å². The third-order valence-electron chi connectivity index (χ3n) is 6.15. The number of nitrogens with one attached hydrogen (secondary N) is 3. The van der Waals surface area contributed by atoms with Crippen molar-refractivity contribution in [2.45, 2.75) is 37.3 Å². The second kappa shape index (κ2) is 6.84. The number of halogens is 1. The minimum Gasteiger partial charge on any atom is -0.381 e. The molecule has 29 heavy (non-hydrogen) atoms. The zero-order chi connectivity index (χ0) is 20.0. The van der Waals surface area contributed by atoms with E-state index in [2.05, 4.69) is 10.6 Å². The Balaban J connectivity index is 1.38. The van der Waals surface area contributed by atoms with Gasteiger partial charge < -0.3 is 15.4 Å². The molecule has 5 rings (SSSR count). The predicted molar refractivity (Wildman–Crippen MR) is 108 cm³/mol. The van der Waals surface area contributed by atoms with Gasteiger partial charge in [-0.15, -0.1) is 0 Å². The number of fused-ring (bicyclic) bond motifs is 2. The number of hydrogen-bond acceptors (Lipinski definition) is 4. The van der Waals surface area contributed by atoms with Crippen molar-refractivity contribution in [2.75, 3.05) is 18.5 Å². The lowest BCUT2D eigenvalue weighted by Gasteiger charge is -2.51. The largest absolute Gasteiger partial charge is 0.381 e. The minimum absolute atomic E-state index is 0.00482. The van der Waals surface area contributed by atoms with Crippen LogP contribution >= 0.6 is 0 Å². The molecule has 1 amide bonds. The molecule has 2 aromatic rings. The maximum atomic E-state index is 13.5. The van der Waals surface area contributed by atoms with Gasteiger partial charge in [0.2, 0.25) is 5.91 Å². The summed E-state index contributed by atoms with van der Waals surface area (Å²) in [7, 11) is 0. The van der Waals surface area contributed by atoms with Gasteiger partial charge in [0.15, 0.2) is 5.96 Å². The van der Waals surface area contributed by atoms with Crippen LogP contribution in [0.2, 0.25) is 0 Å². The molecule has 2 aliphatic heterocycles. The summed E-state index contributed by atoms with van der Waals surface area (Å²) in [5.74, 6) is -0.112. The molecule has 0 saturated carbocycles. The van der Waals surface area contributed by atoms with Gasteiger partial charge in [-0.05, 0) is 48.2 Å². The molecular weight excluding hydrogens is 371 g/mol. The third-order valence-corrected chi connectivity index (χ3v) is 6.15. The number of benzene rings is 2. The van der Waals surface area contributed by atoms with Crippen LogP contribution in [0.1, 0.15) is 30.4 Å². The molecule has 3 aliphatic rings. The Bertz CT molecular complexity index is 969. The van der Waals surface area contributed by atoms with Crippen molar-refractivity contribution >= 4 is 23.2 Å². The van der Waals surface area contributed by atoms with Crippen LogP contribution in [0.5, 0.6) is 0 Å². The maximum Gasteiger partial charge on any atom is 0.232 e. The highest BCUT2D eigenvalue weighted by Gasteiger charge is 2.51. The molecule has 2 heterocycles. The van der Waals surface area contributed by atoms with Gasteiger partial charge in [-0.2, -0.15) is 0 Å². The van der Waals surface area contributed by atoms with Crippen molar-refractivity contribution in [2.24, 2.45) is 0 Å². The average Bonchev–Trinajstić information content (AvgIpc) is 2.69. The molecule has 1 aliphatic carbocycles. The van der Waals surface area contributed by atoms with Crippen molar-refractivity contribution < 1.29 is 13.9 Å². The Hall–Kier alpha value is -2.93. The second-order valence-electron chi connectivity index (χ2n) is 7.98. The molecule has 0 radical (unpaired) electrons. The Kier molecular flexibility index (Phi) is 4.28. The molecule has 0 bridgehead atoms. The van der Waals surface area contributed by atoms with Crippen LogP contribution in [-0.4, -0.2) is 36.0 Å². The average molecular weight is 394 g/mol. The normalized spacial score (nSPS) is 24.1. The van der Waals surface area contributed by atoms with E-state index in [1.807, 2.05) is 24.3 Å². The topological polar surface area (TPSA) is 77.5 Å². The number of carbonyl (C=O) groups excluding carboxylic acids is 1. The van der Waals surface area contributed by atoms with Gasteiger partial charge >= 0.3 is 0 Å². The van der Waals surface area contributed by atoms with Crippen molar-refractivity contribution in [3.63, 3.8) is 0 Å². The van der Waals surface area contributed by atoms with E-state index in [1.165, 1.54) is 12.1 Å². The van der Waals surface area contributed by atoms with Gasteiger partial charge in [0, 0.05) is 37.1 Å². The van der Waals surface area contributed by atoms with Crippen molar-refractivity contribution in [3.05, 3.63) is 59.4 Å². The number of carbonyl (C=O) groups is 1. The van der Waals surface area contributed by atoms with Gasteiger partial charge in [-0.1, -0.05) is 18.2 Å². The molecule has 150 valence electrons. The molecule has 0 unspecified atom stereocenters. The van der Waals surface area contributed by atoms with Crippen LogP contribution < -0.4 is 10.6 Å². The Morgan fingerprint density at radius 1 is 1.17 bits per heavy atom. The van der Waals surface area contributed by atoms with E-state index in [1.54, 1.807) is 11.0 Å². The maximum absolute atomic E-state index is 13.5. The van der Waals surface area contributed by atoms with Gasteiger partial charge in [-0.3, -0.25) is 15.1 Å². The minimum atomic E-state index is -0.523. The van der Waals surface area contributed by atoms with Crippen molar-refractivity contribution in [3.8, 4) is 0 Å². The Morgan fingerprint density at radius 2 is 1.97 bits per heavy atom. The molecule has 2 saturated heterocycles. The van der Waals surface area contributed by atoms with Crippen LogP contribution in [0, 0.1) is 11.2 Å². The summed E-state index contributed by atoms with van der Waals surface area (Å²) in [6, 6.07) is 12.3. The van der Waals surface area contributed by atoms with E-state index in [0.717, 1.165) is 29.7 Å². The van der Waals surface area contributed by atoms with Crippen LogP contribution in [0.15, 0.2) is 42.5 Å². The highest BCUT2D eigenvalue weighted by molar-refractivity contribution is 6.00. The number of rotatable bonds is 3. The van der Waals surface area contributed by atoms with E-state index in [9.17, 15) is 9.18 Å². The highest BCUT2D eigenvalue weighted by atomic mass is 19.1. The molecule has 2 aromatic carbocycles.